The minimum atomic E-state index is -4.69. The predicted molar refractivity (Wildman–Crippen MR) is 127 cm³/mol. The van der Waals surface area contributed by atoms with Gasteiger partial charge in [-0.3, -0.25) is 4.79 Å². The lowest BCUT2D eigenvalue weighted by atomic mass is 10.0. The molecule has 0 bridgehead atoms. The van der Waals surface area contributed by atoms with Gasteiger partial charge < -0.3 is 15.4 Å². The Morgan fingerprint density at radius 3 is 2.42 bits per heavy atom. The summed E-state index contributed by atoms with van der Waals surface area (Å²) >= 11 is 1.37. The van der Waals surface area contributed by atoms with E-state index in [-0.39, 0.29) is 29.8 Å². The number of nitrogens with one attached hydrogen (secondary N) is 2. The number of carbonyl (C=O) groups excluding carboxylic acids is 1. The minimum Gasteiger partial charge on any atom is -0.490 e. The van der Waals surface area contributed by atoms with E-state index in [4.69, 9.17) is 4.74 Å². The van der Waals surface area contributed by atoms with Crippen molar-refractivity contribution in [1.82, 2.24) is 25.6 Å². The second kappa shape index (κ2) is 10.8. The van der Waals surface area contributed by atoms with Crippen molar-refractivity contribution < 1.29 is 35.9 Å². The van der Waals surface area contributed by atoms with Crippen molar-refractivity contribution in [3.8, 4) is 16.3 Å². The predicted octanol–water partition coefficient (Wildman–Crippen LogP) is 5.48. The van der Waals surface area contributed by atoms with Gasteiger partial charge in [0.2, 0.25) is 5.82 Å². The highest BCUT2D eigenvalue weighted by Crippen LogP contribution is 2.33. The molecule has 38 heavy (non-hydrogen) atoms. The number of piperidine rings is 1. The molecule has 1 fully saturated rings. The van der Waals surface area contributed by atoms with Crippen LogP contribution in [-0.4, -0.2) is 45.7 Å². The number of hydrogen-bond acceptors (Lipinski definition) is 7. The van der Waals surface area contributed by atoms with E-state index in [0.29, 0.717) is 17.0 Å². The molecule has 7 nitrogen and oxygen atoms in total. The number of rotatable bonds is 6. The highest BCUT2D eigenvalue weighted by molar-refractivity contribution is 7.14. The van der Waals surface area contributed by atoms with E-state index in [1.165, 1.54) is 17.4 Å². The third-order valence-electron chi connectivity index (χ3n) is 5.86. The summed E-state index contributed by atoms with van der Waals surface area (Å²) in [7, 11) is 0. The lowest BCUT2D eigenvalue weighted by molar-refractivity contribution is -0.166. The highest BCUT2D eigenvalue weighted by Gasteiger charge is 2.43. The largest absolute Gasteiger partial charge is 0.490 e. The van der Waals surface area contributed by atoms with Gasteiger partial charge in [-0.25, -0.2) is 15.0 Å². The Labute approximate surface area is 217 Å². The first-order valence-corrected chi connectivity index (χ1v) is 12.4. The first kappa shape index (κ1) is 27.8. The van der Waals surface area contributed by atoms with Crippen molar-refractivity contribution >= 4 is 17.2 Å². The Hall–Kier alpha value is -3.26. The van der Waals surface area contributed by atoms with E-state index in [0.717, 1.165) is 17.3 Å². The molecule has 3 heterocycles. The summed E-state index contributed by atoms with van der Waals surface area (Å²) in [4.78, 5) is 25.0. The van der Waals surface area contributed by atoms with Crippen LogP contribution in [0.15, 0.2) is 36.8 Å². The maximum Gasteiger partial charge on any atom is 0.451 e. The zero-order valence-electron chi connectivity index (χ0n) is 20.2. The number of halogens is 6. The molecule has 0 radical (unpaired) electrons. The van der Waals surface area contributed by atoms with Crippen LogP contribution in [-0.2, 0) is 6.18 Å². The van der Waals surface area contributed by atoms with Gasteiger partial charge in [0.05, 0.1) is 6.04 Å². The Morgan fingerprint density at radius 1 is 1.11 bits per heavy atom. The third kappa shape index (κ3) is 6.78. The van der Waals surface area contributed by atoms with Crippen molar-refractivity contribution in [2.45, 2.75) is 57.2 Å². The number of alkyl halides is 6. The maximum atomic E-state index is 13.2. The Kier molecular flexibility index (Phi) is 7.93. The number of nitrogens with zero attached hydrogens (tertiary/aromatic N) is 3. The number of hydrogen-bond donors (Lipinski definition) is 2. The molecule has 14 heteroatoms. The number of ether oxygens (including phenoxy) is 1. The molecule has 1 aromatic carbocycles. The Balaban J connectivity index is 1.56. The molecular formula is C24H23F6N5O2S. The van der Waals surface area contributed by atoms with Crippen molar-refractivity contribution in [3.63, 3.8) is 0 Å². The molecule has 3 aromatic rings. The highest BCUT2D eigenvalue weighted by atomic mass is 32.1. The lowest BCUT2D eigenvalue weighted by Gasteiger charge is -2.32. The average Bonchev–Trinajstić information content (AvgIpc) is 3.29. The van der Waals surface area contributed by atoms with Crippen LogP contribution >= 0.6 is 11.3 Å². The van der Waals surface area contributed by atoms with Gasteiger partial charge in [-0.1, -0.05) is 0 Å². The van der Waals surface area contributed by atoms with Gasteiger partial charge in [-0.15, -0.1) is 11.3 Å². The van der Waals surface area contributed by atoms with Crippen molar-refractivity contribution in [2.75, 3.05) is 6.54 Å². The van der Waals surface area contributed by atoms with Gasteiger partial charge in [0.25, 0.3) is 5.91 Å². The van der Waals surface area contributed by atoms with Gasteiger partial charge in [-0.2, -0.15) is 26.3 Å². The number of amides is 1. The number of benzene rings is 1. The molecule has 0 spiro atoms. The summed E-state index contributed by atoms with van der Waals surface area (Å²) in [6.07, 6.45) is -6.14. The molecule has 2 aromatic heterocycles. The van der Waals surface area contributed by atoms with E-state index >= 15 is 0 Å². The molecule has 0 unspecified atom stereocenters. The van der Waals surface area contributed by atoms with Gasteiger partial charge in [-0.05, 0) is 45.0 Å². The zero-order valence-corrected chi connectivity index (χ0v) is 21.0. The van der Waals surface area contributed by atoms with Crippen molar-refractivity contribution in [1.29, 1.82) is 0 Å². The summed E-state index contributed by atoms with van der Waals surface area (Å²) in [5, 5.41) is 5.71. The number of carbonyl (C=O) groups is 1. The molecule has 2 N–H and O–H groups in total. The zero-order chi connectivity index (χ0) is 27.7. The standard InChI is InChI=1S/C24H23F6N5O2S/c1-12-9-32-21(38-12)15-5-14(6-18(7-15)37-17-3-4-31-19(8-17)23(25,26)27)20(36)35-13(2)16-10-33-22(34-11-16)24(28,29)30/h5-7,9-11,13,17,19,31H,3-4,8H2,1-2H3,(H,35,36)/t13-,17+,19-/m1/s1. The van der Waals surface area contributed by atoms with Crippen LogP contribution < -0.4 is 15.4 Å². The summed E-state index contributed by atoms with van der Waals surface area (Å²) in [5.74, 6) is -1.66. The van der Waals surface area contributed by atoms with E-state index < -0.39 is 42.3 Å². The van der Waals surface area contributed by atoms with Crippen molar-refractivity contribution in [2.24, 2.45) is 0 Å². The summed E-state index contributed by atoms with van der Waals surface area (Å²) < 4.78 is 83.8. The van der Waals surface area contributed by atoms with Crippen LogP contribution in [0.3, 0.4) is 0 Å². The van der Waals surface area contributed by atoms with Crippen LogP contribution in [0.5, 0.6) is 5.75 Å². The van der Waals surface area contributed by atoms with Crippen LogP contribution in [0.25, 0.3) is 10.6 Å². The summed E-state index contributed by atoms with van der Waals surface area (Å²) in [6, 6.07) is 2.17. The first-order chi connectivity index (χ1) is 17.8. The molecule has 1 saturated heterocycles. The van der Waals surface area contributed by atoms with Gasteiger partial charge in [0, 0.05) is 46.6 Å². The Morgan fingerprint density at radius 2 is 1.82 bits per heavy atom. The monoisotopic (exact) mass is 559 g/mol. The van der Waals surface area contributed by atoms with E-state index in [9.17, 15) is 31.1 Å². The normalized spacial score (nSPS) is 19.2. The molecule has 0 saturated carbocycles. The van der Waals surface area contributed by atoms with Gasteiger partial charge in [0.15, 0.2) is 0 Å². The van der Waals surface area contributed by atoms with E-state index in [1.807, 2.05) is 6.92 Å². The van der Waals surface area contributed by atoms with Crippen LogP contribution in [0.4, 0.5) is 26.3 Å². The van der Waals surface area contributed by atoms with Gasteiger partial charge >= 0.3 is 12.4 Å². The fraction of sp³-hybridized carbons (Fsp3) is 0.417. The van der Waals surface area contributed by atoms with Crippen LogP contribution in [0.1, 0.15) is 52.4 Å². The maximum absolute atomic E-state index is 13.2. The average molecular weight is 560 g/mol. The van der Waals surface area contributed by atoms with Crippen LogP contribution in [0.2, 0.25) is 0 Å². The molecule has 1 aliphatic heterocycles. The molecule has 3 atom stereocenters. The third-order valence-corrected chi connectivity index (χ3v) is 6.83. The fourth-order valence-corrected chi connectivity index (χ4v) is 4.66. The summed E-state index contributed by atoms with van der Waals surface area (Å²) in [6.45, 7) is 3.54. The number of aromatic nitrogens is 3. The van der Waals surface area contributed by atoms with E-state index in [1.54, 1.807) is 25.3 Å². The second-order valence-corrected chi connectivity index (χ2v) is 10.1. The van der Waals surface area contributed by atoms with Crippen molar-refractivity contribution in [3.05, 3.63) is 58.6 Å². The molecular weight excluding hydrogens is 536 g/mol. The topological polar surface area (TPSA) is 89.0 Å². The van der Waals surface area contributed by atoms with Gasteiger partial charge in [0.1, 0.15) is 22.9 Å². The quantitative estimate of drug-likeness (QED) is 0.389. The molecule has 0 aliphatic carbocycles. The smallest absolute Gasteiger partial charge is 0.451 e. The van der Waals surface area contributed by atoms with E-state index in [2.05, 4.69) is 25.6 Å². The van der Waals surface area contributed by atoms with Crippen LogP contribution in [0, 0.1) is 6.92 Å². The summed E-state index contributed by atoms with van der Waals surface area (Å²) in [5.41, 5.74) is 0.936. The number of aryl methyl sites for hydroxylation is 1. The molecule has 1 amide bonds. The lowest BCUT2D eigenvalue weighted by Crippen LogP contribution is -2.50. The Bertz CT molecular complexity index is 1280. The SMILES string of the molecule is Cc1cnc(-c2cc(O[C@H]3CCN[C@@H](C(F)(F)F)C3)cc(C(=O)N[C@H](C)c3cnc(C(F)(F)F)nc3)c2)s1. The fourth-order valence-electron chi connectivity index (χ4n) is 3.91. The molecule has 1 aliphatic rings. The first-order valence-electron chi connectivity index (χ1n) is 11.5. The number of thiazole rings is 1. The molecule has 4 rings (SSSR count). The molecule has 204 valence electrons. The minimum absolute atomic E-state index is 0.125. The second-order valence-electron chi connectivity index (χ2n) is 8.87.